The van der Waals surface area contributed by atoms with Crippen molar-refractivity contribution in [1.82, 2.24) is 15.3 Å². The summed E-state index contributed by atoms with van der Waals surface area (Å²) in [5.41, 5.74) is 2.44. The molecule has 0 aliphatic carbocycles. The average molecular weight is 327 g/mol. The van der Waals surface area contributed by atoms with Gasteiger partial charge in [0.1, 0.15) is 5.01 Å². The molecule has 0 radical (unpaired) electrons. The van der Waals surface area contributed by atoms with Crippen LogP contribution in [-0.4, -0.2) is 27.0 Å². The molecular formula is C16H13N3O3S. The summed E-state index contributed by atoms with van der Waals surface area (Å²) in [6.45, 7) is 1.41. The number of aromatic amines is 1. The zero-order chi connectivity index (χ0) is 16.4. The fourth-order valence-corrected chi connectivity index (χ4v) is 3.04. The Kier molecular flexibility index (Phi) is 3.94. The first-order valence-electron chi connectivity index (χ1n) is 6.79. The summed E-state index contributed by atoms with van der Waals surface area (Å²) >= 11 is 1.22. The van der Waals surface area contributed by atoms with Gasteiger partial charge in [0.2, 0.25) is 5.91 Å². The van der Waals surface area contributed by atoms with Crippen molar-refractivity contribution in [3.8, 4) is 0 Å². The van der Waals surface area contributed by atoms with Gasteiger partial charge in [0.05, 0.1) is 0 Å². The number of carboxylic acids is 1. The van der Waals surface area contributed by atoms with Crippen molar-refractivity contribution in [2.45, 2.75) is 6.92 Å². The molecule has 0 spiro atoms. The molecule has 0 aliphatic heterocycles. The van der Waals surface area contributed by atoms with Gasteiger partial charge in [-0.25, -0.2) is 9.78 Å². The molecule has 2 heterocycles. The third-order valence-corrected chi connectivity index (χ3v) is 4.13. The first-order chi connectivity index (χ1) is 11.1. The van der Waals surface area contributed by atoms with Crippen LogP contribution in [0.4, 0.5) is 0 Å². The van der Waals surface area contributed by atoms with Crippen molar-refractivity contribution in [2.24, 2.45) is 0 Å². The Hall–Kier alpha value is -2.93. The van der Waals surface area contributed by atoms with Gasteiger partial charge in [-0.2, -0.15) is 0 Å². The van der Waals surface area contributed by atoms with E-state index in [4.69, 9.17) is 5.11 Å². The van der Waals surface area contributed by atoms with E-state index in [1.165, 1.54) is 23.6 Å². The van der Waals surface area contributed by atoms with E-state index < -0.39 is 5.97 Å². The monoisotopic (exact) mass is 327 g/mol. The number of carbonyl (C=O) groups is 2. The van der Waals surface area contributed by atoms with E-state index in [0.29, 0.717) is 10.6 Å². The third kappa shape index (κ3) is 3.00. The first kappa shape index (κ1) is 15.0. The minimum Gasteiger partial charge on any atom is -0.476 e. The molecule has 7 heteroatoms. The Bertz CT molecular complexity index is 923. The van der Waals surface area contributed by atoms with E-state index in [1.807, 2.05) is 30.5 Å². The van der Waals surface area contributed by atoms with Crippen molar-refractivity contribution in [2.75, 3.05) is 0 Å². The van der Waals surface area contributed by atoms with Gasteiger partial charge in [0.25, 0.3) is 0 Å². The van der Waals surface area contributed by atoms with Gasteiger partial charge < -0.3 is 15.4 Å². The number of benzene rings is 1. The fraction of sp³-hybridized carbons (Fsp3) is 0.0625. The molecule has 0 saturated heterocycles. The van der Waals surface area contributed by atoms with Crippen LogP contribution in [0, 0.1) is 0 Å². The van der Waals surface area contributed by atoms with Crippen LogP contribution in [0.25, 0.3) is 16.5 Å². The highest BCUT2D eigenvalue weighted by atomic mass is 32.1. The molecular weight excluding hydrogens is 314 g/mol. The third-order valence-electron chi connectivity index (χ3n) is 3.25. The second kappa shape index (κ2) is 6.05. The quantitative estimate of drug-likeness (QED) is 0.686. The summed E-state index contributed by atoms with van der Waals surface area (Å²) in [5, 5.41) is 14.7. The highest BCUT2D eigenvalue weighted by molar-refractivity contribution is 7.11. The number of nitrogens with zero attached hydrogens (tertiary/aromatic N) is 1. The number of thiazole rings is 1. The van der Waals surface area contributed by atoms with E-state index >= 15 is 0 Å². The number of para-hydroxylation sites is 1. The second-order valence-corrected chi connectivity index (χ2v) is 5.71. The largest absolute Gasteiger partial charge is 0.476 e. The van der Waals surface area contributed by atoms with Crippen LogP contribution < -0.4 is 5.32 Å². The fourth-order valence-electron chi connectivity index (χ4n) is 2.22. The van der Waals surface area contributed by atoms with E-state index in [1.54, 1.807) is 6.20 Å². The molecule has 6 nitrogen and oxygen atoms in total. The van der Waals surface area contributed by atoms with Crippen LogP contribution in [0.1, 0.15) is 28.0 Å². The summed E-state index contributed by atoms with van der Waals surface area (Å²) in [5.74, 6) is -1.29. The Labute approximate surface area is 135 Å². The summed E-state index contributed by atoms with van der Waals surface area (Å²) in [6, 6.07) is 7.74. The maximum atomic E-state index is 11.3. The lowest BCUT2D eigenvalue weighted by molar-refractivity contribution is -0.118. The molecule has 0 bridgehead atoms. The Morgan fingerprint density at radius 1 is 1.35 bits per heavy atom. The van der Waals surface area contributed by atoms with Crippen LogP contribution in [0.3, 0.4) is 0 Å². The molecule has 0 unspecified atom stereocenters. The molecule has 3 aromatic rings. The number of hydrogen-bond donors (Lipinski definition) is 3. The molecule has 1 amide bonds. The number of fused-ring (bicyclic) bond motifs is 1. The highest BCUT2D eigenvalue weighted by Gasteiger charge is 2.16. The van der Waals surface area contributed by atoms with Crippen LogP contribution in [0.2, 0.25) is 0 Å². The number of amides is 1. The molecule has 3 N–H and O–H groups in total. The van der Waals surface area contributed by atoms with Crippen molar-refractivity contribution < 1.29 is 14.7 Å². The zero-order valence-corrected chi connectivity index (χ0v) is 13.0. The van der Waals surface area contributed by atoms with E-state index in [9.17, 15) is 9.59 Å². The number of carbonyl (C=O) groups excluding carboxylic acids is 1. The Morgan fingerprint density at radius 3 is 2.83 bits per heavy atom. The molecule has 0 aliphatic rings. The average Bonchev–Trinajstić information content (AvgIpc) is 3.15. The molecule has 1 aromatic carbocycles. The van der Waals surface area contributed by atoms with Gasteiger partial charge in [-0.3, -0.25) is 4.79 Å². The normalized spacial score (nSPS) is 11.6. The van der Waals surface area contributed by atoms with E-state index in [2.05, 4.69) is 15.3 Å². The van der Waals surface area contributed by atoms with Gasteiger partial charge in [0, 0.05) is 46.7 Å². The minimum atomic E-state index is -1.08. The van der Waals surface area contributed by atoms with Crippen LogP contribution >= 0.6 is 11.3 Å². The van der Waals surface area contributed by atoms with Crippen molar-refractivity contribution >= 4 is 39.7 Å². The van der Waals surface area contributed by atoms with Gasteiger partial charge >= 0.3 is 5.97 Å². The van der Waals surface area contributed by atoms with Crippen LogP contribution in [0.15, 0.2) is 42.0 Å². The number of rotatable bonds is 4. The summed E-state index contributed by atoms with van der Waals surface area (Å²) < 4.78 is 0. The maximum Gasteiger partial charge on any atom is 0.355 e. The molecule has 0 fully saturated rings. The summed E-state index contributed by atoms with van der Waals surface area (Å²) in [7, 11) is 0. The second-order valence-electron chi connectivity index (χ2n) is 4.85. The zero-order valence-electron chi connectivity index (χ0n) is 12.2. The topological polar surface area (TPSA) is 95.1 Å². The Balaban J connectivity index is 2.13. The summed E-state index contributed by atoms with van der Waals surface area (Å²) in [4.78, 5) is 29.6. The lowest BCUT2D eigenvalue weighted by atomic mass is 10.1. The predicted molar refractivity (Wildman–Crippen MR) is 88.3 cm³/mol. The maximum absolute atomic E-state index is 11.3. The van der Waals surface area contributed by atoms with Gasteiger partial charge in [-0.05, 0) is 6.07 Å². The molecule has 23 heavy (non-hydrogen) atoms. The molecule has 2 aromatic heterocycles. The number of carboxylic acid groups (broad SMARTS) is 1. The Morgan fingerprint density at radius 2 is 2.13 bits per heavy atom. The van der Waals surface area contributed by atoms with E-state index in [-0.39, 0.29) is 11.6 Å². The number of H-pyrrole nitrogens is 1. The lowest BCUT2D eigenvalue weighted by Crippen LogP contribution is -2.12. The summed E-state index contributed by atoms with van der Waals surface area (Å²) in [6.07, 6.45) is 3.38. The van der Waals surface area contributed by atoms with Gasteiger partial charge in [-0.15, -0.1) is 11.3 Å². The SMILES string of the molecule is CC(=O)N/C=C(\c1nc(C(=O)O)cs1)c1c[nH]c2ccccc12. The van der Waals surface area contributed by atoms with Crippen molar-refractivity contribution in [3.63, 3.8) is 0 Å². The number of aromatic carboxylic acids is 1. The molecule has 0 atom stereocenters. The standard InChI is InChI=1S/C16H13N3O3S/c1-9(20)17-7-12(15-19-14(8-23-15)16(21)22)11-6-18-13-5-3-2-4-10(11)13/h2-8,18H,1H3,(H,17,20)(H,21,22)/b12-7-. The van der Waals surface area contributed by atoms with Gasteiger partial charge in [-0.1, -0.05) is 18.2 Å². The first-order valence-corrected chi connectivity index (χ1v) is 7.67. The molecule has 116 valence electrons. The van der Waals surface area contributed by atoms with Crippen LogP contribution in [0.5, 0.6) is 0 Å². The smallest absolute Gasteiger partial charge is 0.355 e. The number of aromatic nitrogens is 2. The lowest BCUT2D eigenvalue weighted by Gasteiger charge is -2.04. The van der Waals surface area contributed by atoms with Gasteiger partial charge in [0.15, 0.2) is 5.69 Å². The van der Waals surface area contributed by atoms with Crippen LogP contribution in [-0.2, 0) is 4.79 Å². The number of hydrogen-bond acceptors (Lipinski definition) is 4. The minimum absolute atomic E-state index is 0.0152. The molecule has 0 saturated carbocycles. The number of nitrogens with one attached hydrogen (secondary N) is 2. The van der Waals surface area contributed by atoms with Crippen molar-refractivity contribution in [3.05, 3.63) is 58.3 Å². The highest BCUT2D eigenvalue weighted by Crippen LogP contribution is 2.31. The predicted octanol–water partition coefficient (Wildman–Crippen LogP) is 2.85. The molecule has 3 rings (SSSR count). The van der Waals surface area contributed by atoms with E-state index in [0.717, 1.165) is 16.5 Å². The van der Waals surface area contributed by atoms with Crippen molar-refractivity contribution in [1.29, 1.82) is 0 Å².